The molecule has 124 valence electrons. The summed E-state index contributed by atoms with van der Waals surface area (Å²) in [5, 5.41) is 3.37. The number of carbonyl (C=O) groups excluding carboxylic acids is 1. The lowest BCUT2D eigenvalue weighted by molar-refractivity contribution is -0.128. The van der Waals surface area contributed by atoms with Crippen LogP contribution in [-0.2, 0) is 11.2 Å². The predicted octanol–water partition coefficient (Wildman–Crippen LogP) is 3.71. The average molecular weight is 313 g/mol. The molecule has 1 aromatic carbocycles. The molecule has 0 saturated heterocycles. The van der Waals surface area contributed by atoms with Crippen LogP contribution in [0.2, 0.25) is 0 Å². The van der Waals surface area contributed by atoms with Crippen molar-refractivity contribution in [3.63, 3.8) is 0 Å². The van der Waals surface area contributed by atoms with Crippen molar-refractivity contribution >= 4 is 5.91 Å². The van der Waals surface area contributed by atoms with Gasteiger partial charge in [0.15, 0.2) is 6.61 Å². The summed E-state index contributed by atoms with van der Waals surface area (Å²) in [4.78, 5) is 12.5. The van der Waals surface area contributed by atoms with Gasteiger partial charge in [0.25, 0.3) is 5.91 Å². The molecule has 1 amide bonds. The number of hydrogen-bond acceptors (Lipinski definition) is 2. The topological polar surface area (TPSA) is 38.3 Å². The van der Waals surface area contributed by atoms with Crippen LogP contribution in [-0.4, -0.2) is 18.1 Å². The van der Waals surface area contributed by atoms with E-state index >= 15 is 0 Å². The number of amides is 1. The normalized spacial score (nSPS) is 34.4. The molecule has 4 bridgehead atoms. The lowest BCUT2D eigenvalue weighted by Crippen LogP contribution is -2.60. The van der Waals surface area contributed by atoms with Gasteiger partial charge in [0, 0.05) is 5.54 Å². The maximum atomic E-state index is 12.5. The number of hydrogen-bond donors (Lipinski definition) is 1. The fraction of sp³-hybridized carbons (Fsp3) is 0.650. The zero-order valence-corrected chi connectivity index (χ0v) is 14.0. The summed E-state index contributed by atoms with van der Waals surface area (Å²) in [7, 11) is 0. The van der Waals surface area contributed by atoms with Gasteiger partial charge in [0.05, 0.1) is 0 Å². The van der Waals surface area contributed by atoms with Crippen LogP contribution in [0, 0.1) is 17.8 Å². The van der Waals surface area contributed by atoms with Crippen molar-refractivity contribution in [2.24, 2.45) is 17.8 Å². The minimum absolute atomic E-state index is 0.0536. The van der Waals surface area contributed by atoms with Gasteiger partial charge in [-0.05, 0) is 74.3 Å². The molecule has 4 aliphatic rings. The van der Waals surface area contributed by atoms with Crippen molar-refractivity contribution in [3.05, 3.63) is 29.8 Å². The van der Waals surface area contributed by atoms with Crippen molar-refractivity contribution in [2.75, 3.05) is 6.61 Å². The van der Waals surface area contributed by atoms with E-state index in [2.05, 4.69) is 18.3 Å². The Balaban J connectivity index is 1.37. The molecular formula is C20H27NO2. The first-order valence-electron chi connectivity index (χ1n) is 9.17. The second-order valence-electron chi connectivity index (χ2n) is 8.00. The van der Waals surface area contributed by atoms with Crippen LogP contribution in [0.15, 0.2) is 24.3 Å². The largest absolute Gasteiger partial charge is 0.483 e. The van der Waals surface area contributed by atoms with Gasteiger partial charge in [0.2, 0.25) is 0 Å². The SMILES string of the molecule is CCc1ccccc1OCC(=O)NC12CC3CC(CC(C3)C1)C2. The minimum Gasteiger partial charge on any atom is -0.483 e. The van der Waals surface area contributed by atoms with Gasteiger partial charge < -0.3 is 10.1 Å². The molecule has 0 atom stereocenters. The third-order valence-corrected chi connectivity index (χ3v) is 6.16. The predicted molar refractivity (Wildman–Crippen MR) is 90.4 cm³/mol. The Kier molecular flexibility index (Phi) is 3.82. The molecule has 4 aliphatic carbocycles. The van der Waals surface area contributed by atoms with Crippen molar-refractivity contribution in [3.8, 4) is 5.75 Å². The van der Waals surface area contributed by atoms with E-state index in [1.54, 1.807) is 0 Å². The molecule has 0 heterocycles. The maximum Gasteiger partial charge on any atom is 0.258 e. The Morgan fingerprint density at radius 2 is 1.74 bits per heavy atom. The van der Waals surface area contributed by atoms with Crippen LogP contribution < -0.4 is 10.1 Å². The number of rotatable bonds is 5. The fourth-order valence-corrected chi connectivity index (χ4v) is 5.68. The number of aryl methyl sites for hydroxylation is 1. The van der Waals surface area contributed by atoms with Gasteiger partial charge in [-0.2, -0.15) is 0 Å². The second-order valence-corrected chi connectivity index (χ2v) is 8.00. The third-order valence-electron chi connectivity index (χ3n) is 6.16. The minimum atomic E-state index is 0.0536. The van der Waals surface area contributed by atoms with Gasteiger partial charge in [0.1, 0.15) is 5.75 Å². The van der Waals surface area contributed by atoms with Gasteiger partial charge in [-0.3, -0.25) is 4.79 Å². The van der Waals surface area contributed by atoms with E-state index in [1.165, 1.54) is 38.5 Å². The summed E-state index contributed by atoms with van der Waals surface area (Å²) < 4.78 is 5.79. The molecule has 1 N–H and O–H groups in total. The van der Waals surface area contributed by atoms with Gasteiger partial charge >= 0.3 is 0 Å². The van der Waals surface area contributed by atoms with E-state index in [1.807, 2.05) is 18.2 Å². The van der Waals surface area contributed by atoms with E-state index in [9.17, 15) is 4.79 Å². The molecule has 23 heavy (non-hydrogen) atoms. The molecule has 0 radical (unpaired) electrons. The molecule has 0 spiro atoms. The van der Waals surface area contributed by atoms with E-state index in [0.29, 0.717) is 0 Å². The van der Waals surface area contributed by atoms with Crippen LogP contribution in [0.25, 0.3) is 0 Å². The Bertz CT molecular complexity index is 560. The van der Waals surface area contributed by atoms with Gasteiger partial charge in [-0.25, -0.2) is 0 Å². The molecule has 0 aliphatic heterocycles. The van der Waals surface area contributed by atoms with Gasteiger partial charge in [-0.1, -0.05) is 25.1 Å². The Morgan fingerprint density at radius 1 is 1.13 bits per heavy atom. The first-order valence-corrected chi connectivity index (χ1v) is 9.17. The zero-order chi connectivity index (χ0) is 15.9. The van der Waals surface area contributed by atoms with Crippen molar-refractivity contribution in [1.29, 1.82) is 0 Å². The quantitative estimate of drug-likeness (QED) is 0.900. The first-order chi connectivity index (χ1) is 11.2. The molecule has 3 heteroatoms. The summed E-state index contributed by atoms with van der Waals surface area (Å²) in [6, 6.07) is 8.00. The Labute approximate surface area is 138 Å². The fourth-order valence-electron chi connectivity index (χ4n) is 5.68. The van der Waals surface area contributed by atoms with Gasteiger partial charge in [-0.15, -0.1) is 0 Å². The van der Waals surface area contributed by atoms with E-state index in [4.69, 9.17) is 4.74 Å². The summed E-state index contributed by atoms with van der Waals surface area (Å²) in [6.45, 7) is 2.25. The first kappa shape index (κ1) is 15.0. The summed E-state index contributed by atoms with van der Waals surface area (Å²) >= 11 is 0. The van der Waals surface area contributed by atoms with E-state index in [-0.39, 0.29) is 18.1 Å². The number of benzene rings is 1. The third kappa shape index (κ3) is 2.98. The molecule has 0 aromatic heterocycles. The average Bonchev–Trinajstić information content (AvgIpc) is 2.51. The maximum absolute atomic E-state index is 12.5. The summed E-state index contributed by atoms with van der Waals surface area (Å²) in [6.07, 6.45) is 8.69. The number of ether oxygens (including phenoxy) is 1. The molecule has 0 unspecified atom stereocenters. The number of para-hydroxylation sites is 1. The highest BCUT2D eigenvalue weighted by atomic mass is 16.5. The highest BCUT2D eigenvalue weighted by molar-refractivity contribution is 5.78. The van der Waals surface area contributed by atoms with E-state index < -0.39 is 0 Å². The van der Waals surface area contributed by atoms with Crippen molar-refractivity contribution in [2.45, 2.75) is 57.4 Å². The lowest BCUT2D eigenvalue weighted by Gasteiger charge is -2.56. The number of nitrogens with one attached hydrogen (secondary N) is 1. The summed E-state index contributed by atoms with van der Waals surface area (Å²) in [5.41, 5.74) is 1.24. The number of carbonyl (C=O) groups is 1. The Morgan fingerprint density at radius 3 is 2.35 bits per heavy atom. The van der Waals surface area contributed by atoms with Crippen LogP contribution in [0.1, 0.15) is 51.0 Å². The lowest BCUT2D eigenvalue weighted by atomic mass is 9.53. The Hall–Kier alpha value is -1.51. The molecular weight excluding hydrogens is 286 g/mol. The zero-order valence-electron chi connectivity index (χ0n) is 14.0. The molecule has 1 aromatic rings. The van der Waals surface area contributed by atoms with Crippen LogP contribution in [0.3, 0.4) is 0 Å². The molecule has 3 nitrogen and oxygen atoms in total. The van der Waals surface area contributed by atoms with Crippen molar-refractivity contribution < 1.29 is 9.53 Å². The van der Waals surface area contributed by atoms with Crippen molar-refractivity contribution in [1.82, 2.24) is 5.32 Å². The highest BCUT2D eigenvalue weighted by Gasteiger charge is 2.51. The standard InChI is InChI=1S/C20H27NO2/c1-2-17-5-3-4-6-18(17)23-13-19(22)21-20-10-14-7-15(11-20)9-16(8-14)12-20/h3-6,14-16H,2,7-13H2,1H3,(H,21,22). The molecule has 4 fully saturated rings. The van der Waals surface area contributed by atoms with Crippen LogP contribution >= 0.6 is 0 Å². The van der Waals surface area contributed by atoms with Crippen LogP contribution in [0.4, 0.5) is 0 Å². The van der Waals surface area contributed by atoms with Crippen LogP contribution in [0.5, 0.6) is 5.75 Å². The highest BCUT2D eigenvalue weighted by Crippen LogP contribution is 2.55. The van der Waals surface area contributed by atoms with E-state index in [0.717, 1.165) is 35.5 Å². The summed E-state index contributed by atoms with van der Waals surface area (Å²) in [5.74, 6) is 3.45. The smallest absolute Gasteiger partial charge is 0.258 e. The molecule has 4 saturated carbocycles. The second kappa shape index (κ2) is 5.85. The molecule has 5 rings (SSSR count). The monoisotopic (exact) mass is 313 g/mol.